The summed E-state index contributed by atoms with van der Waals surface area (Å²) in [5.41, 5.74) is 0.892. The van der Waals surface area contributed by atoms with E-state index in [0.29, 0.717) is 5.13 Å². The molecule has 0 amide bonds. The Morgan fingerprint density at radius 1 is 1.04 bits per heavy atom. The second-order valence-corrected chi connectivity index (χ2v) is 8.42. The molecule has 23 heavy (non-hydrogen) atoms. The number of benzene rings is 2. The largest absolute Gasteiger partial charge is 0.266 e. The highest BCUT2D eigenvalue weighted by Gasteiger charge is 2.26. The highest BCUT2D eigenvalue weighted by Crippen LogP contribution is 2.27. The molecule has 0 aliphatic carbocycles. The third-order valence-electron chi connectivity index (χ3n) is 3.20. The molecule has 7 heteroatoms. The number of aromatic nitrogens is 1. The fourth-order valence-electron chi connectivity index (χ4n) is 2.07. The molecule has 0 radical (unpaired) electrons. The summed E-state index contributed by atoms with van der Waals surface area (Å²) in [5, 5.41) is 2.22. The molecule has 0 fully saturated rings. The van der Waals surface area contributed by atoms with E-state index in [1.54, 1.807) is 41.9 Å². The van der Waals surface area contributed by atoms with Gasteiger partial charge in [-0.3, -0.25) is 0 Å². The van der Waals surface area contributed by atoms with Crippen LogP contribution in [-0.2, 0) is 16.6 Å². The van der Waals surface area contributed by atoms with Crippen LogP contribution in [0.1, 0.15) is 5.56 Å². The van der Waals surface area contributed by atoms with Crippen LogP contribution in [0, 0.1) is 0 Å². The summed E-state index contributed by atoms with van der Waals surface area (Å²) < 4.78 is 28.3. The molecule has 0 atom stereocenters. The van der Waals surface area contributed by atoms with Crippen LogP contribution >= 0.6 is 27.3 Å². The van der Waals surface area contributed by atoms with Gasteiger partial charge in [-0.2, -0.15) is 0 Å². The molecule has 1 heterocycles. The topological polar surface area (TPSA) is 50.3 Å². The molecular formula is C16H13BrN2O2S2. The Balaban J connectivity index is 2.01. The molecule has 3 aromatic rings. The highest BCUT2D eigenvalue weighted by atomic mass is 79.9. The molecule has 0 saturated heterocycles. The summed E-state index contributed by atoms with van der Waals surface area (Å²) in [6, 6.07) is 16.0. The first-order valence-corrected chi connectivity index (χ1v) is 9.90. The fraction of sp³-hybridized carbons (Fsp3) is 0.0625. The average Bonchev–Trinajstić information content (AvgIpc) is 3.09. The van der Waals surface area contributed by atoms with Gasteiger partial charge in [-0.05, 0) is 29.8 Å². The minimum Gasteiger partial charge on any atom is -0.237 e. The SMILES string of the molecule is O=S(=O)(c1ccccc1)N(Cc1ccc(Br)cc1)c1nccs1. The Labute approximate surface area is 147 Å². The van der Waals surface area contributed by atoms with Crippen LogP contribution in [0.2, 0.25) is 0 Å². The standard InChI is InChI=1S/C16H13BrN2O2S2/c17-14-8-6-13(7-9-14)12-19(16-18-10-11-22-16)23(20,21)15-4-2-1-3-5-15/h1-11H,12H2. The van der Waals surface area contributed by atoms with Crippen molar-refractivity contribution in [1.82, 2.24) is 4.98 Å². The van der Waals surface area contributed by atoms with Crippen molar-refractivity contribution in [3.8, 4) is 0 Å². The third kappa shape index (κ3) is 3.63. The quantitative estimate of drug-likeness (QED) is 0.631. The lowest BCUT2D eigenvalue weighted by Crippen LogP contribution is -2.30. The number of thiazole rings is 1. The van der Waals surface area contributed by atoms with E-state index >= 15 is 0 Å². The summed E-state index contributed by atoms with van der Waals surface area (Å²) in [7, 11) is -3.66. The Morgan fingerprint density at radius 3 is 2.35 bits per heavy atom. The van der Waals surface area contributed by atoms with Crippen molar-refractivity contribution in [3.05, 3.63) is 76.2 Å². The predicted octanol–water partition coefficient (Wildman–Crippen LogP) is 4.30. The lowest BCUT2D eigenvalue weighted by molar-refractivity contribution is 0.590. The maximum absolute atomic E-state index is 13.0. The van der Waals surface area contributed by atoms with Gasteiger partial charge < -0.3 is 0 Å². The first-order chi connectivity index (χ1) is 11.1. The van der Waals surface area contributed by atoms with Crippen LogP contribution in [0.4, 0.5) is 5.13 Å². The summed E-state index contributed by atoms with van der Waals surface area (Å²) in [6.45, 7) is 0.234. The molecule has 0 saturated carbocycles. The van der Waals surface area contributed by atoms with E-state index in [1.165, 1.54) is 15.6 Å². The van der Waals surface area contributed by atoms with Gasteiger partial charge in [0.1, 0.15) is 0 Å². The molecule has 118 valence electrons. The van der Waals surface area contributed by atoms with Crippen molar-refractivity contribution in [1.29, 1.82) is 0 Å². The smallest absolute Gasteiger partial charge is 0.237 e. The van der Waals surface area contributed by atoms with Crippen molar-refractivity contribution < 1.29 is 8.42 Å². The molecule has 0 spiro atoms. The lowest BCUT2D eigenvalue weighted by Gasteiger charge is -2.22. The van der Waals surface area contributed by atoms with E-state index in [0.717, 1.165) is 10.0 Å². The van der Waals surface area contributed by atoms with Gasteiger partial charge in [-0.25, -0.2) is 17.7 Å². The van der Waals surface area contributed by atoms with Crippen molar-refractivity contribution in [2.24, 2.45) is 0 Å². The van der Waals surface area contributed by atoms with Gasteiger partial charge in [-0.15, -0.1) is 11.3 Å². The molecule has 0 unspecified atom stereocenters. The monoisotopic (exact) mass is 408 g/mol. The number of sulfonamides is 1. The molecule has 1 aromatic heterocycles. The van der Waals surface area contributed by atoms with Gasteiger partial charge in [0, 0.05) is 16.0 Å². The zero-order valence-corrected chi connectivity index (χ0v) is 15.2. The van der Waals surface area contributed by atoms with Crippen LogP contribution in [0.5, 0.6) is 0 Å². The normalized spacial score (nSPS) is 11.3. The zero-order chi connectivity index (χ0) is 16.3. The lowest BCUT2D eigenvalue weighted by atomic mass is 10.2. The second kappa shape index (κ2) is 6.82. The van der Waals surface area contributed by atoms with E-state index in [1.807, 2.05) is 24.3 Å². The van der Waals surface area contributed by atoms with Crippen molar-refractivity contribution in [3.63, 3.8) is 0 Å². The van der Waals surface area contributed by atoms with Gasteiger partial charge in [0.25, 0.3) is 10.0 Å². The Bertz CT molecular complexity index is 864. The van der Waals surface area contributed by atoms with Crippen molar-refractivity contribution in [2.45, 2.75) is 11.4 Å². The number of rotatable bonds is 5. The fourth-order valence-corrected chi connectivity index (χ4v) is 4.63. The molecule has 4 nitrogen and oxygen atoms in total. The first-order valence-electron chi connectivity index (χ1n) is 6.79. The number of anilines is 1. The van der Waals surface area contributed by atoms with E-state index < -0.39 is 10.0 Å². The number of hydrogen-bond donors (Lipinski definition) is 0. The number of hydrogen-bond acceptors (Lipinski definition) is 4. The predicted molar refractivity (Wildman–Crippen MR) is 96.1 cm³/mol. The van der Waals surface area contributed by atoms with Crippen molar-refractivity contribution in [2.75, 3.05) is 4.31 Å². The van der Waals surface area contributed by atoms with Crippen LogP contribution in [0.25, 0.3) is 0 Å². The van der Waals surface area contributed by atoms with E-state index in [9.17, 15) is 8.42 Å². The van der Waals surface area contributed by atoms with Gasteiger partial charge in [0.05, 0.1) is 11.4 Å². The first kappa shape index (κ1) is 16.2. The van der Waals surface area contributed by atoms with Crippen LogP contribution in [0.15, 0.2) is 75.5 Å². The summed E-state index contributed by atoms with van der Waals surface area (Å²) >= 11 is 4.69. The minimum atomic E-state index is -3.66. The van der Waals surface area contributed by atoms with Crippen LogP contribution < -0.4 is 4.31 Å². The van der Waals surface area contributed by atoms with Gasteiger partial charge >= 0.3 is 0 Å². The summed E-state index contributed by atoms with van der Waals surface area (Å²) in [6.07, 6.45) is 1.61. The molecule has 2 aromatic carbocycles. The highest BCUT2D eigenvalue weighted by molar-refractivity contribution is 9.10. The average molecular weight is 409 g/mol. The molecular weight excluding hydrogens is 396 g/mol. The molecule has 3 rings (SSSR count). The van der Waals surface area contributed by atoms with Gasteiger partial charge in [0.2, 0.25) is 0 Å². The minimum absolute atomic E-state index is 0.234. The van der Waals surface area contributed by atoms with Crippen LogP contribution in [-0.4, -0.2) is 13.4 Å². The van der Waals surface area contributed by atoms with Crippen LogP contribution in [0.3, 0.4) is 0 Å². The van der Waals surface area contributed by atoms with Crippen molar-refractivity contribution >= 4 is 42.4 Å². The van der Waals surface area contributed by atoms with E-state index in [4.69, 9.17) is 0 Å². The molecule has 0 aliphatic heterocycles. The maximum atomic E-state index is 13.0. The summed E-state index contributed by atoms with van der Waals surface area (Å²) in [5.74, 6) is 0. The zero-order valence-electron chi connectivity index (χ0n) is 12.0. The number of nitrogens with zero attached hydrogens (tertiary/aromatic N) is 2. The Kier molecular flexibility index (Phi) is 4.79. The number of halogens is 1. The third-order valence-corrected chi connectivity index (χ3v) is 6.39. The van der Waals surface area contributed by atoms with Gasteiger partial charge in [-0.1, -0.05) is 46.3 Å². The Hall–Kier alpha value is -1.70. The van der Waals surface area contributed by atoms with E-state index in [2.05, 4.69) is 20.9 Å². The Morgan fingerprint density at radius 2 is 1.74 bits per heavy atom. The maximum Gasteiger partial charge on any atom is 0.266 e. The van der Waals surface area contributed by atoms with Gasteiger partial charge in [0.15, 0.2) is 5.13 Å². The van der Waals surface area contributed by atoms with E-state index in [-0.39, 0.29) is 11.4 Å². The summed E-state index contributed by atoms with van der Waals surface area (Å²) in [4.78, 5) is 4.43. The molecule has 0 aliphatic rings. The molecule has 0 bridgehead atoms. The molecule has 0 N–H and O–H groups in total. The second-order valence-electron chi connectivity index (χ2n) is 4.77.